The van der Waals surface area contributed by atoms with E-state index in [2.05, 4.69) is 0 Å². The molecule has 1 aromatic carbocycles. The number of nitrogens with two attached hydrogens (primary N) is 1. The molecule has 1 aliphatic rings. The number of methoxy groups -OCH3 is 1. The van der Waals surface area contributed by atoms with Crippen LogP contribution in [0.3, 0.4) is 0 Å². The fourth-order valence-corrected chi connectivity index (χ4v) is 2.58. The number of piperazine rings is 1. The summed E-state index contributed by atoms with van der Waals surface area (Å²) < 4.78 is 5.10. The Morgan fingerprint density at radius 2 is 1.96 bits per heavy atom. The molecule has 0 aromatic heterocycles. The Morgan fingerprint density at radius 1 is 1.30 bits per heavy atom. The van der Waals surface area contributed by atoms with Gasteiger partial charge in [0.1, 0.15) is 18.3 Å². The zero-order chi connectivity index (χ0) is 17.0. The van der Waals surface area contributed by atoms with Gasteiger partial charge in [0.05, 0.1) is 7.11 Å². The van der Waals surface area contributed by atoms with Gasteiger partial charge in [0, 0.05) is 19.5 Å². The van der Waals surface area contributed by atoms with E-state index in [0.717, 1.165) is 11.3 Å². The van der Waals surface area contributed by atoms with Crippen LogP contribution in [0.1, 0.15) is 18.9 Å². The number of rotatable bonds is 6. The van der Waals surface area contributed by atoms with Gasteiger partial charge in [0.15, 0.2) is 0 Å². The number of ether oxygens (including phenoxy) is 1. The molecule has 1 aromatic rings. The molecule has 7 nitrogen and oxygen atoms in total. The van der Waals surface area contributed by atoms with E-state index in [4.69, 9.17) is 10.5 Å². The number of carbonyl (C=O) groups excluding carboxylic acids is 3. The first-order valence-corrected chi connectivity index (χ1v) is 7.42. The maximum absolute atomic E-state index is 12.4. The molecule has 1 aliphatic heterocycles. The Bertz CT molecular complexity index is 600. The normalized spacial score (nSPS) is 18.3. The van der Waals surface area contributed by atoms with E-state index in [-0.39, 0.29) is 31.3 Å². The molecular formula is C16H21N3O4. The largest absolute Gasteiger partial charge is 0.497 e. The minimum Gasteiger partial charge on any atom is -0.497 e. The lowest BCUT2D eigenvalue weighted by Gasteiger charge is -2.38. The maximum Gasteiger partial charge on any atom is 0.245 e. The molecule has 124 valence electrons. The van der Waals surface area contributed by atoms with Crippen molar-refractivity contribution in [1.29, 1.82) is 0 Å². The third kappa shape index (κ3) is 4.00. The van der Waals surface area contributed by atoms with Gasteiger partial charge in [-0.2, -0.15) is 0 Å². The van der Waals surface area contributed by atoms with Gasteiger partial charge in [-0.05, 0) is 24.6 Å². The first-order chi connectivity index (χ1) is 10.9. The molecule has 1 saturated heterocycles. The molecular weight excluding hydrogens is 298 g/mol. The average Bonchev–Trinajstić information content (AvgIpc) is 2.52. The standard InChI is InChI=1S/C16H21N3O4/c1-11-16(22)18(9-12-3-5-13(23-2)6-4-12)10-15(21)19(11)8-7-14(17)20/h3-6,11H,7-10H2,1-2H3,(H2,17,20)/t11-/m0/s1. The quantitative estimate of drug-likeness (QED) is 0.806. The van der Waals surface area contributed by atoms with Gasteiger partial charge in [0.25, 0.3) is 0 Å². The van der Waals surface area contributed by atoms with Crippen LogP contribution < -0.4 is 10.5 Å². The van der Waals surface area contributed by atoms with Crippen LogP contribution >= 0.6 is 0 Å². The van der Waals surface area contributed by atoms with E-state index >= 15 is 0 Å². The fraction of sp³-hybridized carbons (Fsp3) is 0.438. The van der Waals surface area contributed by atoms with Crippen molar-refractivity contribution < 1.29 is 19.1 Å². The average molecular weight is 319 g/mol. The zero-order valence-electron chi connectivity index (χ0n) is 13.3. The van der Waals surface area contributed by atoms with Crippen molar-refractivity contribution in [3.8, 4) is 5.75 Å². The number of benzene rings is 1. The van der Waals surface area contributed by atoms with E-state index in [9.17, 15) is 14.4 Å². The van der Waals surface area contributed by atoms with E-state index in [0.29, 0.717) is 6.54 Å². The van der Waals surface area contributed by atoms with Crippen molar-refractivity contribution in [1.82, 2.24) is 9.80 Å². The van der Waals surface area contributed by atoms with Crippen LogP contribution in [-0.4, -0.2) is 53.8 Å². The topological polar surface area (TPSA) is 92.9 Å². The Hall–Kier alpha value is -2.57. The number of carbonyl (C=O) groups is 3. The van der Waals surface area contributed by atoms with Gasteiger partial charge in [-0.25, -0.2) is 0 Å². The Morgan fingerprint density at radius 3 is 2.52 bits per heavy atom. The molecule has 23 heavy (non-hydrogen) atoms. The Labute approximate surface area is 135 Å². The minimum atomic E-state index is -0.589. The van der Waals surface area contributed by atoms with Gasteiger partial charge in [-0.15, -0.1) is 0 Å². The summed E-state index contributed by atoms with van der Waals surface area (Å²) in [4.78, 5) is 38.5. The molecule has 2 rings (SSSR count). The molecule has 0 spiro atoms. The van der Waals surface area contributed by atoms with Crippen LogP contribution in [0, 0.1) is 0 Å². The van der Waals surface area contributed by atoms with Crippen molar-refractivity contribution in [2.75, 3.05) is 20.2 Å². The summed E-state index contributed by atoms with van der Waals surface area (Å²) in [5.41, 5.74) is 6.03. The van der Waals surface area contributed by atoms with Gasteiger partial charge in [0.2, 0.25) is 17.7 Å². The summed E-state index contributed by atoms with van der Waals surface area (Å²) in [5, 5.41) is 0. The second kappa shape index (κ2) is 7.13. The highest BCUT2D eigenvalue weighted by Crippen LogP contribution is 2.18. The van der Waals surface area contributed by atoms with Crippen molar-refractivity contribution >= 4 is 17.7 Å². The van der Waals surface area contributed by atoms with E-state index < -0.39 is 11.9 Å². The van der Waals surface area contributed by atoms with Crippen LogP contribution in [0.15, 0.2) is 24.3 Å². The predicted molar refractivity (Wildman–Crippen MR) is 83.4 cm³/mol. The maximum atomic E-state index is 12.4. The first-order valence-electron chi connectivity index (χ1n) is 7.42. The first kappa shape index (κ1) is 16.8. The SMILES string of the molecule is COc1ccc(CN2CC(=O)N(CCC(N)=O)[C@@H](C)C2=O)cc1. The summed E-state index contributed by atoms with van der Waals surface area (Å²) in [5.74, 6) is -0.0596. The number of primary amides is 1. The highest BCUT2D eigenvalue weighted by Gasteiger charge is 2.36. The second-order valence-electron chi connectivity index (χ2n) is 5.52. The van der Waals surface area contributed by atoms with Crippen molar-refractivity contribution in [3.63, 3.8) is 0 Å². The van der Waals surface area contributed by atoms with Gasteiger partial charge in [-0.3, -0.25) is 14.4 Å². The van der Waals surface area contributed by atoms with Crippen LogP contribution in [0.4, 0.5) is 0 Å². The lowest BCUT2D eigenvalue weighted by molar-refractivity contribution is -0.155. The van der Waals surface area contributed by atoms with E-state index in [1.807, 2.05) is 24.3 Å². The van der Waals surface area contributed by atoms with Crippen LogP contribution in [0.25, 0.3) is 0 Å². The summed E-state index contributed by atoms with van der Waals surface area (Å²) in [6.07, 6.45) is 0.0574. The minimum absolute atomic E-state index is 0.00790. The van der Waals surface area contributed by atoms with Crippen molar-refractivity contribution in [2.24, 2.45) is 5.73 Å². The zero-order valence-corrected chi connectivity index (χ0v) is 13.3. The summed E-state index contributed by atoms with van der Waals surface area (Å²) in [6.45, 7) is 2.22. The number of hydrogen-bond donors (Lipinski definition) is 1. The van der Waals surface area contributed by atoms with E-state index in [1.165, 1.54) is 9.80 Å². The smallest absolute Gasteiger partial charge is 0.245 e. The Balaban J connectivity index is 2.03. The Kier molecular flexibility index (Phi) is 5.20. The van der Waals surface area contributed by atoms with Crippen molar-refractivity contribution in [3.05, 3.63) is 29.8 Å². The van der Waals surface area contributed by atoms with Crippen LogP contribution in [0.5, 0.6) is 5.75 Å². The molecule has 1 atom stereocenters. The van der Waals surface area contributed by atoms with E-state index in [1.54, 1.807) is 14.0 Å². The number of hydrogen-bond acceptors (Lipinski definition) is 4. The third-order valence-corrected chi connectivity index (χ3v) is 3.91. The molecule has 0 bridgehead atoms. The predicted octanol–water partition coefficient (Wildman–Crippen LogP) is 0.130. The summed E-state index contributed by atoms with van der Waals surface area (Å²) >= 11 is 0. The van der Waals surface area contributed by atoms with Crippen LogP contribution in [0.2, 0.25) is 0 Å². The summed E-state index contributed by atoms with van der Waals surface area (Å²) in [7, 11) is 1.59. The molecule has 0 unspecified atom stereocenters. The van der Waals surface area contributed by atoms with Crippen molar-refractivity contribution in [2.45, 2.75) is 25.9 Å². The summed E-state index contributed by atoms with van der Waals surface area (Å²) in [6, 6.07) is 6.76. The molecule has 1 fully saturated rings. The van der Waals surface area contributed by atoms with Gasteiger partial charge in [-0.1, -0.05) is 12.1 Å². The lowest BCUT2D eigenvalue weighted by atomic mass is 10.1. The monoisotopic (exact) mass is 319 g/mol. The second-order valence-corrected chi connectivity index (χ2v) is 5.52. The lowest BCUT2D eigenvalue weighted by Crippen LogP contribution is -2.58. The molecule has 0 aliphatic carbocycles. The van der Waals surface area contributed by atoms with Gasteiger partial charge < -0.3 is 20.3 Å². The third-order valence-electron chi connectivity index (χ3n) is 3.91. The number of amides is 3. The molecule has 1 heterocycles. The molecule has 7 heteroatoms. The van der Waals surface area contributed by atoms with Gasteiger partial charge >= 0.3 is 0 Å². The molecule has 2 N–H and O–H groups in total. The number of nitrogens with zero attached hydrogens (tertiary/aromatic N) is 2. The molecule has 3 amide bonds. The highest BCUT2D eigenvalue weighted by molar-refractivity contribution is 5.94. The molecule has 0 radical (unpaired) electrons. The van der Waals surface area contributed by atoms with Crippen LogP contribution in [-0.2, 0) is 20.9 Å². The highest BCUT2D eigenvalue weighted by atomic mass is 16.5. The fourth-order valence-electron chi connectivity index (χ4n) is 2.58. The molecule has 0 saturated carbocycles.